The number of halogens is 1. The minimum absolute atomic E-state index is 0.401. The van der Waals surface area contributed by atoms with Crippen LogP contribution in [0.2, 0.25) is 0 Å². The van der Waals surface area contributed by atoms with Crippen LogP contribution in [0.4, 0.5) is 5.95 Å². The first-order valence-corrected chi connectivity index (χ1v) is 7.26. The molecule has 2 aromatic heterocycles. The molecule has 7 heteroatoms. The maximum Gasteiger partial charge on any atom is 0.207 e. The fourth-order valence-electron chi connectivity index (χ4n) is 2.43. The molecular weight excluding hydrogens is 332 g/mol. The van der Waals surface area contributed by atoms with Crippen LogP contribution < -0.4 is 5.73 Å². The maximum absolute atomic E-state index is 8.96. The summed E-state index contributed by atoms with van der Waals surface area (Å²) in [5, 5.41) is 13.4. The van der Waals surface area contributed by atoms with Crippen molar-refractivity contribution in [2.75, 3.05) is 5.73 Å². The minimum Gasteiger partial charge on any atom is -0.369 e. The predicted octanol–water partition coefficient (Wildman–Crippen LogP) is 2.54. The van der Waals surface area contributed by atoms with Gasteiger partial charge in [0.25, 0.3) is 0 Å². The van der Waals surface area contributed by atoms with Crippen LogP contribution in [0.15, 0.2) is 22.7 Å². The van der Waals surface area contributed by atoms with Gasteiger partial charge in [-0.25, -0.2) is 9.67 Å². The number of nitrogen functional groups attached to an aromatic ring is 1. The van der Waals surface area contributed by atoms with Crippen molar-refractivity contribution < 1.29 is 0 Å². The largest absolute Gasteiger partial charge is 0.369 e. The summed E-state index contributed by atoms with van der Waals surface area (Å²) in [6.45, 7) is 2.04. The summed E-state index contributed by atoms with van der Waals surface area (Å²) >= 11 is 3.49. The monoisotopic (exact) mass is 344 g/mol. The van der Waals surface area contributed by atoms with Crippen molar-refractivity contribution in [3.63, 3.8) is 0 Å². The molecule has 0 aliphatic carbocycles. The van der Waals surface area contributed by atoms with Crippen LogP contribution in [-0.4, -0.2) is 19.3 Å². The number of hydrogen-bond acceptors (Lipinski definition) is 4. The lowest BCUT2D eigenvalue weighted by Crippen LogP contribution is -2.05. The van der Waals surface area contributed by atoms with Gasteiger partial charge in [0.1, 0.15) is 5.52 Å². The lowest BCUT2D eigenvalue weighted by molar-refractivity contribution is 0.751. The third-order valence-electron chi connectivity index (χ3n) is 3.38. The Balaban J connectivity index is 2.33. The number of hydrogen-bond donors (Lipinski definition) is 1. The third-order valence-corrected chi connectivity index (χ3v) is 4.02. The Labute approximate surface area is 129 Å². The summed E-state index contributed by atoms with van der Waals surface area (Å²) in [6.07, 6.45) is 0.794. The second-order valence-electron chi connectivity index (χ2n) is 4.68. The molecule has 0 saturated heterocycles. The van der Waals surface area contributed by atoms with Crippen molar-refractivity contribution in [1.29, 1.82) is 5.26 Å². The van der Waals surface area contributed by atoms with Crippen molar-refractivity contribution in [2.24, 2.45) is 7.05 Å². The Hall–Kier alpha value is -2.33. The van der Waals surface area contributed by atoms with Gasteiger partial charge in [-0.1, -0.05) is 6.92 Å². The molecule has 2 heterocycles. The van der Waals surface area contributed by atoms with E-state index in [1.807, 2.05) is 24.6 Å². The molecule has 0 amide bonds. The van der Waals surface area contributed by atoms with Crippen LogP contribution in [0.5, 0.6) is 0 Å². The van der Waals surface area contributed by atoms with Crippen molar-refractivity contribution in [1.82, 2.24) is 19.3 Å². The van der Waals surface area contributed by atoms with Gasteiger partial charge in [-0.2, -0.15) is 10.4 Å². The Bertz CT molecular complexity index is 883. The molecule has 0 bridgehead atoms. The minimum atomic E-state index is 0.401. The number of fused-ring (bicyclic) bond motifs is 1. The van der Waals surface area contributed by atoms with E-state index >= 15 is 0 Å². The topological polar surface area (TPSA) is 85.5 Å². The molecule has 2 N–H and O–H groups in total. The van der Waals surface area contributed by atoms with E-state index in [2.05, 4.69) is 32.1 Å². The molecule has 0 unspecified atom stereocenters. The normalized spacial score (nSPS) is 11.0. The molecule has 0 fully saturated rings. The van der Waals surface area contributed by atoms with Gasteiger partial charge >= 0.3 is 0 Å². The van der Waals surface area contributed by atoms with Crippen LogP contribution in [0.25, 0.3) is 16.9 Å². The molecule has 3 aromatic rings. The van der Waals surface area contributed by atoms with E-state index in [0.717, 1.165) is 33.4 Å². The Kier molecular flexibility index (Phi) is 3.18. The van der Waals surface area contributed by atoms with Gasteiger partial charge < -0.3 is 5.73 Å². The molecule has 0 aliphatic heterocycles. The average Bonchev–Trinajstić information content (AvgIpc) is 2.96. The van der Waals surface area contributed by atoms with Crippen molar-refractivity contribution in [3.8, 4) is 11.8 Å². The standard InChI is InChI=1S/C14H13BrN6/c1-3-10-12-13(20(2)19-10)21(14(17)18-12)11-5-4-8(7-16)6-9(11)15/h4-6H,3H2,1-2H3,(H2,17,18). The molecular formula is C14H13BrN6. The van der Waals surface area contributed by atoms with Crippen molar-refractivity contribution in [3.05, 3.63) is 33.9 Å². The first-order chi connectivity index (χ1) is 10.1. The lowest BCUT2D eigenvalue weighted by atomic mass is 10.2. The summed E-state index contributed by atoms with van der Waals surface area (Å²) in [7, 11) is 1.87. The van der Waals surface area contributed by atoms with Gasteiger partial charge in [-0.05, 0) is 40.5 Å². The molecule has 0 radical (unpaired) electrons. The highest BCUT2D eigenvalue weighted by Crippen LogP contribution is 2.30. The van der Waals surface area contributed by atoms with Gasteiger partial charge in [0.15, 0.2) is 5.65 Å². The summed E-state index contributed by atoms with van der Waals surface area (Å²) < 4.78 is 4.40. The van der Waals surface area contributed by atoms with Crippen LogP contribution in [0, 0.1) is 11.3 Å². The van der Waals surface area contributed by atoms with E-state index in [1.165, 1.54) is 0 Å². The Morgan fingerprint density at radius 2 is 2.19 bits per heavy atom. The van der Waals surface area contributed by atoms with Crippen LogP contribution in [-0.2, 0) is 13.5 Å². The van der Waals surface area contributed by atoms with Gasteiger partial charge in [-0.3, -0.25) is 4.57 Å². The van der Waals surface area contributed by atoms with E-state index in [1.54, 1.807) is 16.8 Å². The average molecular weight is 345 g/mol. The number of nitrogens with zero attached hydrogens (tertiary/aromatic N) is 5. The second-order valence-corrected chi connectivity index (χ2v) is 5.53. The maximum atomic E-state index is 8.96. The van der Waals surface area contributed by atoms with E-state index in [9.17, 15) is 0 Å². The first kappa shape index (κ1) is 13.6. The highest BCUT2D eigenvalue weighted by Gasteiger charge is 2.19. The second kappa shape index (κ2) is 4.90. The predicted molar refractivity (Wildman–Crippen MR) is 84.0 cm³/mol. The Morgan fingerprint density at radius 3 is 2.81 bits per heavy atom. The third kappa shape index (κ3) is 1.99. The number of nitrogens with two attached hydrogens (primary N) is 1. The van der Waals surface area contributed by atoms with Crippen molar-refractivity contribution in [2.45, 2.75) is 13.3 Å². The van der Waals surface area contributed by atoms with E-state index in [-0.39, 0.29) is 0 Å². The molecule has 1 aromatic carbocycles. The highest BCUT2D eigenvalue weighted by molar-refractivity contribution is 9.10. The van der Waals surface area contributed by atoms with Gasteiger partial charge in [0.05, 0.1) is 23.0 Å². The quantitative estimate of drug-likeness (QED) is 0.773. The van der Waals surface area contributed by atoms with Gasteiger partial charge in [-0.15, -0.1) is 0 Å². The molecule has 106 valence electrons. The number of nitriles is 1. The molecule has 0 spiro atoms. The summed E-state index contributed by atoms with van der Waals surface area (Å²) in [6, 6.07) is 7.47. The number of anilines is 1. The van der Waals surface area contributed by atoms with E-state index in [4.69, 9.17) is 11.0 Å². The zero-order valence-corrected chi connectivity index (χ0v) is 13.2. The number of aromatic nitrogens is 4. The van der Waals surface area contributed by atoms with Crippen molar-refractivity contribution >= 4 is 33.0 Å². The number of rotatable bonds is 2. The SMILES string of the molecule is CCc1nn(C)c2c1nc(N)n2-c1ccc(C#N)cc1Br. The fraction of sp³-hybridized carbons (Fsp3) is 0.214. The van der Waals surface area contributed by atoms with Gasteiger partial charge in [0.2, 0.25) is 5.95 Å². The summed E-state index contributed by atoms with van der Waals surface area (Å²) in [5.41, 5.74) is 10.1. The number of imidazole rings is 1. The van der Waals surface area contributed by atoms with Crippen LogP contribution >= 0.6 is 15.9 Å². The zero-order valence-electron chi connectivity index (χ0n) is 11.6. The smallest absolute Gasteiger partial charge is 0.207 e. The first-order valence-electron chi connectivity index (χ1n) is 6.46. The van der Waals surface area contributed by atoms with E-state index in [0.29, 0.717) is 11.5 Å². The molecule has 0 aliphatic rings. The fourth-order valence-corrected chi connectivity index (χ4v) is 2.99. The summed E-state index contributed by atoms with van der Waals surface area (Å²) in [4.78, 5) is 4.44. The van der Waals surface area contributed by atoms with Crippen LogP contribution in [0.3, 0.4) is 0 Å². The summed E-state index contributed by atoms with van der Waals surface area (Å²) in [5.74, 6) is 0.401. The molecule has 21 heavy (non-hydrogen) atoms. The lowest BCUT2D eigenvalue weighted by Gasteiger charge is -2.09. The molecule has 6 nitrogen and oxygen atoms in total. The molecule has 0 atom stereocenters. The highest BCUT2D eigenvalue weighted by atomic mass is 79.9. The van der Waals surface area contributed by atoms with Gasteiger partial charge in [0, 0.05) is 11.5 Å². The number of aryl methyl sites for hydroxylation is 2. The van der Waals surface area contributed by atoms with E-state index < -0.39 is 0 Å². The Morgan fingerprint density at radius 1 is 1.43 bits per heavy atom. The zero-order chi connectivity index (χ0) is 15.1. The molecule has 3 rings (SSSR count). The van der Waals surface area contributed by atoms with Crippen LogP contribution in [0.1, 0.15) is 18.2 Å². The number of benzene rings is 1. The molecule has 0 saturated carbocycles.